The molecule has 134 valence electrons. The predicted molar refractivity (Wildman–Crippen MR) is 93.9 cm³/mol. The number of piperidine rings is 1. The molecule has 2 rings (SSSR count). The van der Waals surface area contributed by atoms with Crippen molar-refractivity contribution in [1.82, 2.24) is 20.9 Å². The fourth-order valence-electron chi connectivity index (χ4n) is 3.43. The van der Waals surface area contributed by atoms with Gasteiger partial charge in [-0.3, -0.25) is 4.79 Å². The summed E-state index contributed by atoms with van der Waals surface area (Å²) in [5.74, 6) is 0.693. The van der Waals surface area contributed by atoms with Crippen LogP contribution in [0.1, 0.15) is 44.9 Å². The molecule has 0 aromatic rings. The van der Waals surface area contributed by atoms with Crippen molar-refractivity contribution >= 4 is 24.3 Å². The number of nitrogens with zero attached hydrogens (tertiary/aromatic N) is 1. The Morgan fingerprint density at radius 3 is 2.30 bits per heavy atom. The Morgan fingerprint density at radius 2 is 1.70 bits per heavy atom. The summed E-state index contributed by atoms with van der Waals surface area (Å²) in [6.07, 6.45) is 7.83. The highest BCUT2D eigenvalue weighted by molar-refractivity contribution is 5.85. The summed E-state index contributed by atoms with van der Waals surface area (Å²) in [6.45, 7) is 2.73. The third-order valence-corrected chi connectivity index (χ3v) is 4.80. The van der Waals surface area contributed by atoms with Gasteiger partial charge >= 0.3 is 6.03 Å². The topological polar surface area (TPSA) is 73.5 Å². The summed E-state index contributed by atoms with van der Waals surface area (Å²) in [6, 6.07) is 0.0754. The van der Waals surface area contributed by atoms with Crippen molar-refractivity contribution in [1.29, 1.82) is 0 Å². The van der Waals surface area contributed by atoms with Crippen molar-refractivity contribution < 1.29 is 9.59 Å². The molecule has 0 unspecified atom stereocenters. The van der Waals surface area contributed by atoms with Crippen LogP contribution in [0, 0.1) is 5.92 Å². The van der Waals surface area contributed by atoms with Crippen molar-refractivity contribution in [2.24, 2.45) is 5.92 Å². The SMILES string of the molecule is CNCC1CCN(C(=O)CNC(=O)NC2CCCCC2)CC1.Cl. The second-order valence-corrected chi connectivity index (χ2v) is 6.54. The Balaban J connectivity index is 0.00000264. The highest BCUT2D eigenvalue weighted by atomic mass is 35.5. The average molecular weight is 347 g/mol. The summed E-state index contributed by atoms with van der Waals surface area (Å²) in [5, 5.41) is 8.87. The second-order valence-electron chi connectivity index (χ2n) is 6.54. The molecule has 0 aromatic heterocycles. The Morgan fingerprint density at radius 1 is 1.04 bits per heavy atom. The van der Waals surface area contributed by atoms with Gasteiger partial charge in [0.25, 0.3) is 0 Å². The van der Waals surface area contributed by atoms with Crippen molar-refractivity contribution in [3.8, 4) is 0 Å². The number of amides is 3. The highest BCUT2D eigenvalue weighted by Gasteiger charge is 2.23. The number of halogens is 1. The molecule has 1 saturated carbocycles. The molecule has 6 nitrogen and oxygen atoms in total. The maximum Gasteiger partial charge on any atom is 0.315 e. The zero-order valence-corrected chi connectivity index (χ0v) is 14.9. The van der Waals surface area contributed by atoms with Crippen molar-refractivity contribution in [3.05, 3.63) is 0 Å². The minimum absolute atomic E-state index is 0. The fourth-order valence-corrected chi connectivity index (χ4v) is 3.43. The van der Waals surface area contributed by atoms with Crippen molar-refractivity contribution in [2.75, 3.05) is 33.2 Å². The molecule has 0 aromatic carbocycles. The zero-order valence-electron chi connectivity index (χ0n) is 14.1. The van der Waals surface area contributed by atoms with E-state index in [1.54, 1.807) is 0 Å². The lowest BCUT2D eigenvalue weighted by molar-refractivity contribution is -0.131. The van der Waals surface area contributed by atoms with E-state index >= 15 is 0 Å². The van der Waals surface area contributed by atoms with Crippen LogP contribution in [0.25, 0.3) is 0 Å². The molecule has 0 spiro atoms. The van der Waals surface area contributed by atoms with Crippen LogP contribution in [0.4, 0.5) is 4.79 Å². The summed E-state index contributed by atoms with van der Waals surface area (Å²) in [7, 11) is 1.96. The minimum atomic E-state index is -0.203. The summed E-state index contributed by atoms with van der Waals surface area (Å²) in [5.41, 5.74) is 0. The molecule has 3 amide bonds. The van der Waals surface area contributed by atoms with Gasteiger partial charge in [-0.25, -0.2) is 4.79 Å². The molecule has 0 bridgehead atoms. The van der Waals surface area contributed by atoms with E-state index < -0.39 is 0 Å². The maximum atomic E-state index is 12.1. The third kappa shape index (κ3) is 6.96. The number of carbonyl (C=O) groups is 2. The van der Waals surface area contributed by atoms with Crippen LogP contribution in [0.15, 0.2) is 0 Å². The van der Waals surface area contributed by atoms with Gasteiger partial charge in [0.15, 0.2) is 0 Å². The van der Waals surface area contributed by atoms with E-state index in [4.69, 9.17) is 0 Å². The number of hydrogen-bond acceptors (Lipinski definition) is 3. The molecule has 0 atom stereocenters. The van der Waals surface area contributed by atoms with Crippen LogP contribution in [0.2, 0.25) is 0 Å². The van der Waals surface area contributed by atoms with Gasteiger partial charge in [0, 0.05) is 19.1 Å². The van der Waals surface area contributed by atoms with E-state index in [0.29, 0.717) is 5.92 Å². The summed E-state index contributed by atoms with van der Waals surface area (Å²) < 4.78 is 0. The molecular weight excluding hydrogens is 316 g/mol. The molecule has 2 fully saturated rings. The first-order chi connectivity index (χ1) is 10.7. The minimum Gasteiger partial charge on any atom is -0.341 e. The molecular formula is C16H31ClN4O2. The molecule has 1 heterocycles. The number of hydrogen-bond donors (Lipinski definition) is 3. The van der Waals surface area contributed by atoms with Gasteiger partial charge in [-0.15, -0.1) is 12.4 Å². The highest BCUT2D eigenvalue weighted by Crippen LogP contribution is 2.17. The van der Waals surface area contributed by atoms with Gasteiger partial charge in [0.1, 0.15) is 0 Å². The van der Waals surface area contributed by atoms with Gasteiger partial charge in [0.05, 0.1) is 6.54 Å². The number of rotatable bonds is 5. The smallest absolute Gasteiger partial charge is 0.315 e. The summed E-state index contributed by atoms with van der Waals surface area (Å²) in [4.78, 5) is 25.8. The molecule has 7 heteroatoms. The van der Waals surface area contributed by atoms with Gasteiger partial charge < -0.3 is 20.9 Å². The van der Waals surface area contributed by atoms with E-state index in [-0.39, 0.29) is 36.9 Å². The standard InChI is InChI=1S/C16H30N4O2.ClH/c1-17-11-13-7-9-20(10-8-13)15(21)12-18-16(22)19-14-5-3-2-4-6-14;/h13-14,17H,2-12H2,1H3,(H2,18,19,22);1H. The van der Waals surface area contributed by atoms with E-state index in [2.05, 4.69) is 16.0 Å². The first kappa shape index (κ1) is 20.0. The van der Waals surface area contributed by atoms with E-state index in [9.17, 15) is 9.59 Å². The number of nitrogens with one attached hydrogen (secondary N) is 3. The molecule has 1 saturated heterocycles. The van der Waals surface area contributed by atoms with Gasteiger partial charge in [0.2, 0.25) is 5.91 Å². The normalized spacial score (nSPS) is 19.8. The lowest BCUT2D eigenvalue weighted by Crippen LogP contribution is -2.48. The van der Waals surface area contributed by atoms with E-state index in [1.807, 2.05) is 11.9 Å². The van der Waals surface area contributed by atoms with E-state index in [0.717, 1.165) is 45.3 Å². The maximum absolute atomic E-state index is 12.1. The van der Waals surface area contributed by atoms with Crippen LogP contribution < -0.4 is 16.0 Å². The summed E-state index contributed by atoms with van der Waals surface area (Å²) >= 11 is 0. The van der Waals surface area contributed by atoms with Crippen LogP contribution in [0.3, 0.4) is 0 Å². The Hall–Kier alpha value is -1.01. The van der Waals surface area contributed by atoms with Gasteiger partial charge in [-0.05, 0) is 45.2 Å². The van der Waals surface area contributed by atoms with Crippen LogP contribution in [-0.2, 0) is 4.79 Å². The zero-order chi connectivity index (χ0) is 15.8. The van der Waals surface area contributed by atoms with Crippen LogP contribution >= 0.6 is 12.4 Å². The molecule has 3 N–H and O–H groups in total. The van der Waals surface area contributed by atoms with Gasteiger partial charge in [-0.2, -0.15) is 0 Å². The van der Waals surface area contributed by atoms with Gasteiger partial charge in [-0.1, -0.05) is 19.3 Å². The van der Waals surface area contributed by atoms with E-state index in [1.165, 1.54) is 19.3 Å². The largest absolute Gasteiger partial charge is 0.341 e. The molecule has 1 aliphatic heterocycles. The Bertz CT molecular complexity index is 367. The predicted octanol–water partition coefficient (Wildman–Crippen LogP) is 1.50. The second kappa shape index (κ2) is 10.7. The van der Waals surface area contributed by atoms with Crippen molar-refractivity contribution in [2.45, 2.75) is 51.0 Å². The Kier molecular flexibility index (Phi) is 9.33. The molecule has 1 aliphatic carbocycles. The number of likely N-dealkylation sites (tertiary alicyclic amines) is 1. The molecule has 23 heavy (non-hydrogen) atoms. The molecule has 0 radical (unpaired) electrons. The third-order valence-electron chi connectivity index (χ3n) is 4.80. The molecule has 2 aliphatic rings. The fraction of sp³-hybridized carbons (Fsp3) is 0.875. The lowest BCUT2D eigenvalue weighted by Gasteiger charge is -2.32. The first-order valence-electron chi connectivity index (χ1n) is 8.65. The lowest BCUT2D eigenvalue weighted by atomic mass is 9.96. The first-order valence-corrected chi connectivity index (χ1v) is 8.65. The Labute approximate surface area is 145 Å². The van der Waals surface area contributed by atoms with Crippen LogP contribution in [0.5, 0.6) is 0 Å². The number of carbonyl (C=O) groups excluding carboxylic acids is 2. The average Bonchev–Trinajstić information content (AvgIpc) is 2.54. The monoisotopic (exact) mass is 346 g/mol. The van der Waals surface area contributed by atoms with Crippen LogP contribution in [-0.4, -0.2) is 56.1 Å². The quantitative estimate of drug-likeness (QED) is 0.706. The van der Waals surface area contributed by atoms with Crippen molar-refractivity contribution in [3.63, 3.8) is 0 Å². The number of urea groups is 1.